The van der Waals surface area contributed by atoms with Crippen LogP contribution >= 0.6 is 0 Å². The van der Waals surface area contributed by atoms with E-state index in [4.69, 9.17) is 0 Å². The minimum atomic E-state index is -0.175. The first kappa shape index (κ1) is 16.3. The molecule has 0 aliphatic heterocycles. The van der Waals surface area contributed by atoms with E-state index < -0.39 is 0 Å². The lowest BCUT2D eigenvalue weighted by Gasteiger charge is -2.08. The van der Waals surface area contributed by atoms with Crippen molar-refractivity contribution in [2.24, 2.45) is 0 Å². The smallest absolute Gasteiger partial charge is 0.305 e. The Kier molecular flexibility index (Phi) is 7.47. The first-order valence-corrected chi connectivity index (χ1v) is 7.19. The molecule has 1 N–H and O–H groups in total. The Labute approximate surface area is 120 Å². The molecule has 5 nitrogen and oxygen atoms in total. The third-order valence-corrected chi connectivity index (χ3v) is 3.10. The van der Waals surface area contributed by atoms with E-state index in [1.54, 1.807) is 0 Å². The van der Waals surface area contributed by atoms with Gasteiger partial charge in [-0.3, -0.25) is 9.59 Å². The average Bonchev–Trinajstić information content (AvgIpc) is 2.90. The summed E-state index contributed by atoms with van der Waals surface area (Å²) in [6, 6.07) is 3.73. The molecule has 20 heavy (non-hydrogen) atoms. The van der Waals surface area contributed by atoms with Crippen molar-refractivity contribution in [1.29, 1.82) is 0 Å². The van der Waals surface area contributed by atoms with Gasteiger partial charge in [0.25, 0.3) is 5.91 Å². The van der Waals surface area contributed by atoms with E-state index in [1.165, 1.54) is 7.11 Å². The van der Waals surface area contributed by atoms with Gasteiger partial charge in [0.2, 0.25) is 0 Å². The molecule has 5 heteroatoms. The van der Waals surface area contributed by atoms with Gasteiger partial charge < -0.3 is 14.6 Å². The lowest BCUT2D eigenvalue weighted by molar-refractivity contribution is -0.140. The zero-order chi connectivity index (χ0) is 14.8. The maximum atomic E-state index is 12.0. The summed E-state index contributed by atoms with van der Waals surface area (Å²) in [5.74, 6) is -0.206. The molecule has 0 unspecified atom stereocenters. The van der Waals surface area contributed by atoms with Crippen molar-refractivity contribution in [3.8, 4) is 0 Å². The number of ether oxygens (including phenoxy) is 1. The number of hydrogen-bond donors (Lipinski definition) is 1. The van der Waals surface area contributed by atoms with Crippen LogP contribution in [0.15, 0.2) is 18.3 Å². The third kappa shape index (κ3) is 5.47. The minimum absolute atomic E-state index is 0.0311. The molecule has 0 aliphatic carbocycles. The summed E-state index contributed by atoms with van der Waals surface area (Å²) in [7, 11) is 1.40. The van der Waals surface area contributed by atoms with Gasteiger partial charge in [0.15, 0.2) is 0 Å². The summed E-state index contributed by atoms with van der Waals surface area (Å²) >= 11 is 0. The second-order valence-corrected chi connectivity index (χ2v) is 4.73. The second kappa shape index (κ2) is 9.18. The highest BCUT2D eigenvalue weighted by molar-refractivity contribution is 5.92. The van der Waals surface area contributed by atoms with Gasteiger partial charge in [-0.1, -0.05) is 13.3 Å². The first-order chi connectivity index (χ1) is 9.69. The van der Waals surface area contributed by atoms with Crippen LogP contribution in [0.5, 0.6) is 0 Å². The molecule has 0 saturated carbocycles. The fourth-order valence-electron chi connectivity index (χ4n) is 2.02. The van der Waals surface area contributed by atoms with Crippen molar-refractivity contribution in [2.45, 2.75) is 45.6 Å². The number of hydrogen-bond acceptors (Lipinski definition) is 3. The molecule has 1 aromatic rings. The molecular weight excluding hydrogens is 256 g/mol. The molecule has 1 amide bonds. The van der Waals surface area contributed by atoms with Gasteiger partial charge in [-0.25, -0.2) is 0 Å². The van der Waals surface area contributed by atoms with Crippen LogP contribution in [-0.2, 0) is 16.1 Å². The number of unbranched alkanes of at least 4 members (excludes halogenated alkanes) is 2. The number of aromatic nitrogens is 1. The summed E-state index contributed by atoms with van der Waals surface area (Å²) in [5.41, 5.74) is 0.710. The van der Waals surface area contributed by atoms with Crippen molar-refractivity contribution in [2.75, 3.05) is 13.7 Å². The molecule has 0 aromatic carbocycles. The van der Waals surface area contributed by atoms with Gasteiger partial charge in [0, 0.05) is 25.7 Å². The van der Waals surface area contributed by atoms with Gasteiger partial charge in [-0.05, 0) is 31.4 Å². The topological polar surface area (TPSA) is 60.3 Å². The zero-order valence-corrected chi connectivity index (χ0v) is 12.4. The molecule has 0 bridgehead atoms. The third-order valence-electron chi connectivity index (χ3n) is 3.10. The van der Waals surface area contributed by atoms with Crippen LogP contribution in [0.2, 0.25) is 0 Å². The molecule has 1 aromatic heterocycles. The maximum absolute atomic E-state index is 12.0. The predicted octanol–water partition coefficient (Wildman–Crippen LogP) is 2.36. The largest absolute Gasteiger partial charge is 0.469 e. The summed E-state index contributed by atoms with van der Waals surface area (Å²) in [4.78, 5) is 22.9. The standard InChI is InChI=1S/C15H24N2O3/c1-3-11-17-12-7-8-13(17)15(19)16-10-6-4-5-9-14(18)20-2/h7-8,12H,3-6,9-11H2,1-2H3,(H,16,19). The molecule has 0 spiro atoms. The monoisotopic (exact) mass is 280 g/mol. The lowest BCUT2D eigenvalue weighted by Crippen LogP contribution is -2.26. The number of esters is 1. The van der Waals surface area contributed by atoms with E-state index in [2.05, 4.69) is 17.0 Å². The Balaban J connectivity index is 2.20. The second-order valence-electron chi connectivity index (χ2n) is 4.73. The van der Waals surface area contributed by atoms with Crippen LogP contribution in [0.4, 0.5) is 0 Å². The van der Waals surface area contributed by atoms with Crippen LogP contribution in [0, 0.1) is 0 Å². The van der Waals surface area contributed by atoms with Gasteiger partial charge in [-0.15, -0.1) is 0 Å². The van der Waals surface area contributed by atoms with E-state index in [1.807, 2.05) is 22.9 Å². The molecular formula is C15H24N2O3. The van der Waals surface area contributed by atoms with Crippen molar-refractivity contribution in [3.63, 3.8) is 0 Å². The normalized spacial score (nSPS) is 10.3. The van der Waals surface area contributed by atoms with Crippen molar-refractivity contribution in [3.05, 3.63) is 24.0 Å². The molecule has 1 heterocycles. The van der Waals surface area contributed by atoms with Crippen LogP contribution in [0.1, 0.15) is 49.5 Å². The van der Waals surface area contributed by atoms with Crippen LogP contribution in [0.3, 0.4) is 0 Å². The number of amides is 1. The number of nitrogens with zero attached hydrogens (tertiary/aromatic N) is 1. The number of aryl methyl sites for hydroxylation is 1. The van der Waals surface area contributed by atoms with E-state index >= 15 is 0 Å². The van der Waals surface area contributed by atoms with Crippen molar-refractivity contribution < 1.29 is 14.3 Å². The minimum Gasteiger partial charge on any atom is -0.469 e. The zero-order valence-electron chi connectivity index (χ0n) is 12.4. The molecule has 0 saturated heterocycles. The Bertz CT molecular complexity index is 427. The van der Waals surface area contributed by atoms with Gasteiger partial charge in [0.05, 0.1) is 7.11 Å². The summed E-state index contributed by atoms with van der Waals surface area (Å²) in [6.07, 6.45) is 5.96. The first-order valence-electron chi connectivity index (χ1n) is 7.19. The van der Waals surface area contributed by atoms with Crippen LogP contribution in [-0.4, -0.2) is 30.1 Å². The van der Waals surface area contributed by atoms with Crippen LogP contribution < -0.4 is 5.32 Å². The summed E-state index contributed by atoms with van der Waals surface area (Å²) in [5, 5.41) is 2.91. The van der Waals surface area contributed by atoms with Gasteiger partial charge in [0.1, 0.15) is 5.69 Å². The highest BCUT2D eigenvalue weighted by Gasteiger charge is 2.09. The molecule has 0 atom stereocenters. The van der Waals surface area contributed by atoms with Crippen molar-refractivity contribution in [1.82, 2.24) is 9.88 Å². The van der Waals surface area contributed by atoms with Gasteiger partial charge >= 0.3 is 5.97 Å². The van der Waals surface area contributed by atoms with Gasteiger partial charge in [-0.2, -0.15) is 0 Å². The quantitative estimate of drug-likeness (QED) is 0.558. The number of carbonyl (C=O) groups is 2. The Hall–Kier alpha value is -1.78. The Morgan fingerprint density at radius 3 is 2.80 bits per heavy atom. The maximum Gasteiger partial charge on any atom is 0.305 e. The highest BCUT2D eigenvalue weighted by atomic mass is 16.5. The molecule has 1 rings (SSSR count). The summed E-state index contributed by atoms with van der Waals surface area (Å²) in [6.45, 7) is 3.58. The summed E-state index contributed by atoms with van der Waals surface area (Å²) < 4.78 is 6.53. The van der Waals surface area contributed by atoms with E-state index in [9.17, 15) is 9.59 Å². The van der Waals surface area contributed by atoms with Crippen molar-refractivity contribution >= 4 is 11.9 Å². The van der Waals surface area contributed by atoms with E-state index in [0.29, 0.717) is 18.7 Å². The Morgan fingerprint density at radius 2 is 2.10 bits per heavy atom. The van der Waals surface area contributed by atoms with E-state index in [0.717, 1.165) is 32.2 Å². The number of methoxy groups -OCH3 is 1. The average molecular weight is 280 g/mol. The number of carbonyl (C=O) groups excluding carboxylic acids is 2. The number of nitrogens with one attached hydrogen (secondary N) is 1. The fraction of sp³-hybridized carbons (Fsp3) is 0.600. The fourth-order valence-corrected chi connectivity index (χ4v) is 2.02. The Morgan fingerprint density at radius 1 is 1.30 bits per heavy atom. The highest BCUT2D eigenvalue weighted by Crippen LogP contribution is 2.04. The predicted molar refractivity (Wildman–Crippen MR) is 77.5 cm³/mol. The molecule has 0 radical (unpaired) electrons. The number of rotatable bonds is 9. The van der Waals surface area contributed by atoms with Crippen LogP contribution in [0.25, 0.3) is 0 Å². The molecule has 0 fully saturated rings. The molecule has 112 valence electrons. The van der Waals surface area contributed by atoms with E-state index in [-0.39, 0.29) is 11.9 Å². The lowest BCUT2D eigenvalue weighted by atomic mass is 10.2. The SMILES string of the molecule is CCCn1cccc1C(=O)NCCCCCC(=O)OC. The molecule has 0 aliphatic rings.